The highest BCUT2D eigenvalue weighted by atomic mass is 19.3. The summed E-state index contributed by atoms with van der Waals surface area (Å²) < 4.78 is 49.8. The second-order valence-corrected chi connectivity index (χ2v) is 6.71. The topological polar surface area (TPSA) is 0 Å². The first-order valence-electron chi connectivity index (χ1n) is 7.93. The largest absolute Gasteiger partial charge is 0.278 e. The maximum atomic E-state index is 12.8. The van der Waals surface area contributed by atoms with Gasteiger partial charge in [-0.25, -0.2) is 17.6 Å². The van der Waals surface area contributed by atoms with Gasteiger partial charge < -0.3 is 0 Å². The van der Waals surface area contributed by atoms with Crippen LogP contribution in [0.4, 0.5) is 17.6 Å². The molecule has 0 atom stereocenters. The molecule has 0 heterocycles. The molecule has 0 aromatic rings. The minimum atomic E-state index is -3.07. The van der Waals surface area contributed by atoms with Crippen LogP contribution in [0.3, 0.4) is 0 Å². The van der Waals surface area contributed by atoms with Crippen molar-refractivity contribution in [1.82, 2.24) is 0 Å². The van der Waals surface area contributed by atoms with Crippen molar-refractivity contribution in [2.75, 3.05) is 6.67 Å². The van der Waals surface area contributed by atoms with Crippen LogP contribution in [-0.4, -0.2) is 18.8 Å². The van der Waals surface area contributed by atoms with Crippen molar-refractivity contribution in [2.24, 2.45) is 17.8 Å². The molecule has 2 aliphatic rings. The van der Waals surface area contributed by atoms with Gasteiger partial charge in [0.1, 0.15) is 6.17 Å². The summed E-state index contributed by atoms with van der Waals surface area (Å²) >= 11 is 0. The Labute approximate surface area is 120 Å². The molecule has 2 saturated carbocycles. The maximum absolute atomic E-state index is 12.8. The molecule has 0 spiro atoms. The van der Waals surface area contributed by atoms with Crippen molar-refractivity contribution in [3.05, 3.63) is 0 Å². The third-order valence-electron chi connectivity index (χ3n) is 4.74. The van der Waals surface area contributed by atoms with Gasteiger partial charge >= 0.3 is 0 Å². The zero-order valence-electron chi connectivity index (χ0n) is 12.7. The predicted molar refractivity (Wildman–Crippen MR) is 74.6 cm³/mol. The van der Waals surface area contributed by atoms with Crippen LogP contribution in [0.15, 0.2) is 0 Å². The molecule has 0 unspecified atom stereocenters. The van der Waals surface area contributed by atoms with Crippen molar-refractivity contribution in [2.45, 2.75) is 77.3 Å². The molecule has 0 amide bonds. The number of alkyl halides is 4. The lowest BCUT2D eigenvalue weighted by Crippen LogP contribution is -2.33. The van der Waals surface area contributed by atoms with E-state index in [0.29, 0.717) is 18.8 Å². The number of hydrogen-bond donors (Lipinski definition) is 0. The lowest BCUT2D eigenvalue weighted by atomic mass is 9.80. The summed E-state index contributed by atoms with van der Waals surface area (Å²) in [7, 11) is 0. The van der Waals surface area contributed by atoms with Crippen LogP contribution in [0, 0.1) is 17.8 Å². The maximum Gasteiger partial charge on any atom is 0.278 e. The summed E-state index contributed by atoms with van der Waals surface area (Å²) in [5.74, 6) is -2.46. The van der Waals surface area contributed by atoms with E-state index in [1.165, 1.54) is 0 Å². The van der Waals surface area contributed by atoms with Crippen LogP contribution in [0.1, 0.15) is 65.2 Å². The molecule has 2 aliphatic carbocycles. The van der Waals surface area contributed by atoms with Gasteiger partial charge in [0.2, 0.25) is 0 Å². The Kier molecular flexibility index (Phi) is 7.32. The van der Waals surface area contributed by atoms with Gasteiger partial charge in [0.25, 0.3) is 5.92 Å². The van der Waals surface area contributed by atoms with Crippen LogP contribution in [0.2, 0.25) is 0 Å². The van der Waals surface area contributed by atoms with Gasteiger partial charge in [0, 0.05) is 5.92 Å². The van der Waals surface area contributed by atoms with Crippen molar-refractivity contribution in [1.29, 1.82) is 0 Å². The molecule has 0 aliphatic heterocycles. The standard InChI is InChI=1S/C9H15F3.C7H13F/c1-7-2-4-8(5-3-7)9(11,12)6-10;1-6-2-4-7(8)5-3-6/h7-8H,2-6H2,1H3;6-7H,2-5H2,1H3. The smallest absolute Gasteiger partial charge is 0.247 e. The summed E-state index contributed by atoms with van der Waals surface area (Å²) in [5.41, 5.74) is 0. The van der Waals surface area contributed by atoms with Gasteiger partial charge in [-0.3, -0.25) is 0 Å². The summed E-state index contributed by atoms with van der Waals surface area (Å²) in [5, 5.41) is 0. The molecule has 120 valence electrons. The molecule has 0 nitrogen and oxygen atoms in total. The lowest BCUT2D eigenvalue weighted by molar-refractivity contribution is -0.0901. The molecule has 2 fully saturated rings. The molecule has 0 radical (unpaired) electrons. The highest BCUT2D eigenvalue weighted by Crippen LogP contribution is 2.38. The van der Waals surface area contributed by atoms with Crippen LogP contribution in [-0.2, 0) is 0 Å². The Hall–Kier alpha value is -0.280. The van der Waals surface area contributed by atoms with Crippen LogP contribution in [0.25, 0.3) is 0 Å². The van der Waals surface area contributed by atoms with Gasteiger partial charge in [0.05, 0.1) is 0 Å². The quantitative estimate of drug-likeness (QED) is 0.552. The molecule has 2 rings (SSSR count). The number of rotatable bonds is 2. The van der Waals surface area contributed by atoms with E-state index in [4.69, 9.17) is 0 Å². The lowest BCUT2D eigenvalue weighted by Gasteiger charge is -2.30. The SMILES string of the molecule is CC1CCC(C(F)(F)CF)CC1.CC1CCC(F)CC1. The first-order chi connectivity index (χ1) is 9.35. The van der Waals surface area contributed by atoms with Crippen LogP contribution >= 0.6 is 0 Å². The highest BCUT2D eigenvalue weighted by molar-refractivity contribution is 4.81. The summed E-state index contributed by atoms with van der Waals surface area (Å²) in [6.45, 7) is 2.77. The third kappa shape index (κ3) is 6.01. The fourth-order valence-electron chi connectivity index (χ4n) is 3.01. The zero-order valence-corrected chi connectivity index (χ0v) is 12.7. The van der Waals surface area contributed by atoms with Gasteiger partial charge in [-0.15, -0.1) is 0 Å². The van der Waals surface area contributed by atoms with E-state index < -0.39 is 24.7 Å². The van der Waals surface area contributed by atoms with E-state index in [0.717, 1.165) is 44.4 Å². The van der Waals surface area contributed by atoms with Crippen LogP contribution in [0.5, 0.6) is 0 Å². The first kappa shape index (κ1) is 17.8. The second kappa shape index (κ2) is 8.23. The molecule has 0 bridgehead atoms. The summed E-state index contributed by atoms with van der Waals surface area (Å²) in [6.07, 6.45) is 5.94. The molecule has 20 heavy (non-hydrogen) atoms. The minimum absolute atomic E-state index is 0.480. The van der Waals surface area contributed by atoms with Gasteiger partial charge in [0.15, 0.2) is 6.67 Å². The Bertz CT molecular complexity index is 241. The minimum Gasteiger partial charge on any atom is -0.247 e. The Morgan fingerprint density at radius 1 is 0.800 bits per heavy atom. The van der Waals surface area contributed by atoms with E-state index in [1.54, 1.807) is 0 Å². The van der Waals surface area contributed by atoms with Crippen molar-refractivity contribution >= 4 is 0 Å². The first-order valence-corrected chi connectivity index (χ1v) is 7.93. The summed E-state index contributed by atoms with van der Waals surface area (Å²) in [6, 6.07) is 0. The Balaban J connectivity index is 0.000000217. The van der Waals surface area contributed by atoms with Gasteiger partial charge in [-0.1, -0.05) is 26.7 Å². The fourth-order valence-corrected chi connectivity index (χ4v) is 3.01. The monoisotopic (exact) mass is 296 g/mol. The van der Waals surface area contributed by atoms with Crippen LogP contribution < -0.4 is 0 Å². The van der Waals surface area contributed by atoms with E-state index in [-0.39, 0.29) is 0 Å². The van der Waals surface area contributed by atoms with E-state index in [9.17, 15) is 17.6 Å². The Morgan fingerprint density at radius 2 is 1.20 bits per heavy atom. The average molecular weight is 296 g/mol. The Morgan fingerprint density at radius 3 is 1.55 bits per heavy atom. The zero-order chi connectivity index (χ0) is 15.2. The molecule has 4 heteroatoms. The molecule has 0 N–H and O–H groups in total. The van der Waals surface area contributed by atoms with Gasteiger partial charge in [-0.05, 0) is 50.4 Å². The second-order valence-electron chi connectivity index (χ2n) is 6.71. The molecule has 0 saturated heterocycles. The average Bonchev–Trinajstić information content (AvgIpc) is 2.43. The van der Waals surface area contributed by atoms with E-state index in [1.807, 2.05) is 0 Å². The van der Waals surface area contributed by atoms with Crippen molar-refractivity contribution < 1.29 is 17.6 Å². The normalized spacial score (nSPS) is 35.1. The van der Waals surface area contributed by atoms with E-state index >= 15 is 0 Å². The third-order valence-corrected chi connectivity index (χ3v) is 4.74. The van der Waals surface area contributed by atoms with Crippen molar-refractivity contribution in [3.63, 3.8) is 0 Å². The number of hydrogen-bond acceptors (Lipinski definition) is 0. The van der Waals surface area contributed by atoms with Crippen molar-refractivity contribution in [3.8, 4) is 0 Å². The van der Waals surface area contributed by atoms with Gasteiger partial charge in [-0.2, -0.15) is 0 Å². The summed E-state index contributed by atoms with van der Waals surface area (Å²) in [4.78, 5) is 0. The predicted octanol–water partition coefficient (Wildman–Crippen LogP) is 5.95. The molecular formula is C16H28F4. The molecule has 0 aromatic heterocycles. The number of halogens is 4. The fraction of sp³-hybridized carbons (Fsp3) is 1.00. The van der Waals surface area contributed by atoms with E-state index in [2.05, 4.69) is 13.8 Å². The molecular weight excluding hydrogens is 268 g/mol. The highest BCUT2D eigenvalue weighted by Gasteiger charge is 2.40. The molecule has 0 aromatic carbocycles.